The molecule has 162 valence electrons. The van der Waals surface area contributed by atoms with Crippen LogP contribution in [0.2, 0.25) is 0 Å². The topological polar surface area (TPSA) is 128 Å². The van der Waals surface area contributed by atoms with E-state index < -0.39 is 12.9 Å². The molecule has 0 aliphatic carbocycles. The Morgan fingerprint density at radius 3 is 2.81 bits per heavy atom. The van der Waals surface area contributed by atoms with Crippen molar-refractivity contribution in [3.63, 3.8) is 0 Å². The molecule has 3 N–H and O–H groups in total. The lowest BCUT2D eigenvalue weighted by atomic mass is 10.0. The Morgan fingerprint density at radius 2 is 2.16 bits per heavy atom. The minimum atomic E-state index is -2.69. The molecule has 11 nitrogen and oxygen atoms in total. The number of benzene rings is 1. The molecule has 11 heteroatoms. The monoisotopic (exact) mass is 427 g/mol. The average molecular weight is 427 g/mol. The molecule has 3 aromatic rings. The summed E-state index contributed by atoms with van der Waals surface area (Å²) in [5.74, 6) is 0.375. The molecule has 31 heavy (non-hydrogen) atoms. The van der Waals surface area contributed by atoms with Crippen molar-refractivity contribution in [1.82, 2.24) is 30.3 Å². The van der Waals surface area contributed by atoms with Crippen molar-refractivity contribution in [1.29, 1.82) is 0 Å². The first-order valence-corrected chi connectivity index (χ1v) is 9.43. The number of para-hydroxylation sites is 1. The molecule has 0 spiro atoms. The Bertz CT molecular complexity index is 1210. The molecule has 1 fully saturated rings. The number of nitrogens with zero attached hydrogens (tertiary/aromatic N) is 5. The van der Waals surface area contributed by atoms with E-state index >= 15 is 0 Å². The fourth-order valence-electron chi connectivity index (χ4n) is 3.20. The highest BCUT2D eigenvalue weighted by atomic mass is 16.5. The van der Waals surface area contributed by atoms with Crippen LogP contribution in [0.3, 0.4) is 0 Å². The number of hydrogen-bond acceptors (Lipinski definition) is 9. The van der Waals surface area contributed by atoms with E-state index in [-0.39, 0.29) is 16.9 Å². The third kappa shape index (κ3) is 4.12. The SMILES string of the molecule is [2H]C([2H])([2H])NC(=O)c1nnc(NC2(C)COC2)cc1Nc1cccc(-c2ncn(C)n2)c1OC. The number of amides is 1. The molecule has 0 unspecified atom stereocenters. The highest BCUT2D eigenvalue weighted by molar-refractivity contribution is 5.98. The summed E-state index contributed by atoms with van der Waals surface area (Å²) in [5, 5.41) is 20.7. The Labute approximate surface area is 183 Å². The minimum Gasteiger partial charge on any atom is -0.494 e. The number of aryl methyl sites for hydroxylation is 1. The zero-order chi connectivity index (χ0) is 24.5. The zero-order valence-corrected chi connectivity index (χ0v) is 17.3. The van der Waals surface area contributed by atoms with E-state index in [0.29, 0.717) is 41.9 Å². The van der Waals surface area contributed by atoms with Gasteiger partial charge >= 0.3 is 0 Å². The van der Waals surface area contributed by atoms with Crippen LogP contribution in [0, 0.1) is 0 Å². The summed E-state index contributed by atoms with van der Waals surface area (Å²) in [7, 11) is 3.26. The Morgan fingerprint density at radius 1 is 1.32 bits per heavy atom. The van der Waals surface area contributed by atoms with Crippen LogP contribution in [0.1, 0.15) is 21.5 Å². The lowest BCUT2D eigenvalue weighted by Crippen LogP contribution is -2.53. The second kappa shape index (κ2) is 8.19. The summed E-state index contributed by atoms with van der Waals surface area (Å²) in [5.41, 5.74) is 0.831. The van der Waals surface area contributed by atoms with Crippen molar-refractivity contribution in [3.05, 3.63) is 36.3 Å². The number of hydrogen-bond donors (Lipinski definition) is 3. The van der Waals surface area contributed by atoms with Gasteiger partial charge in [0.05, 0.1) is 42.8 Å². The molecule has 0 saturated carbocycles. The molecule has 0 radical (unpaired) electrons. The summed E-state index contributed by atoms with van der Waals surface area (Å²) in [6, 6.07) is 6.90. The lowest BCUT2D eigenvalue weighted by Gasteiger charge is -2.39. The summed E-state index contributed by atoms with van der Waals surface area (Å²) in [4.78, 5) is 16.9. The van der Waals surface area contributed by atoms with Crippen LogP contribution in [0.15, 0.2) is 30.6 Å². The van der Waals surface area contributed by atoms with E-state index in [0.717, 1.165) is 0 Å². The molecule has 2 aromatic heterocycles. The van der Waals surface area contributed by atoms with Gasteiger partial charge in [0.1, 0.15) is 6.33 Å². The van der Waals surface area contributed by atoms with Gasteiger partial charge in [0.15, 0.2) is 23.1 Å². The number of carbonyl (C=O) groups excluding carboxylic acids is 1. The fourth-order valence-corrected chi connectivity index (χ4v) is 3.20. The average Bonchev–Trinajstić information content (AvgIpc) is 3.17. The Kier molecular flexibility index (Phi) is 4.49. The smallest absolute Gasteiger partial charge is 0.273 e. The number of methoxy groups -OCH3 is 1. The number of carbonyl (C=O) groups is 1. The maximum atomic E-state index is 12.7. The minimum absolute atomic E-state index is 0.194. The second-order valence-corrected chi connectivity index (χ2v) is 7.38. The van der Waals surface area contributed by atoms with E-state index in [1.54, 1.807) is 42.3 Å². The van der Waals surface area contributed by atoms with Crippen molar-refractivity contribution in [2.75, 3.05) is 37.9 Å². The first-order valence-electron chi connectivity index (χ1n) is 10.9. The van der Waals surface area contributed by atoms with Gasteiger partial charge in [-0.3, -0.25) is 9.48 Å². The van der Waals surface area contributed by atoms with Gasteiger partial charge in [0, 0.05) is 24.2 Å². The molecule has 0 atom stereocenters. The van der Waals surface area contributed by atoms with E-state index in [1.165, 1.54) is 7.11 Å². The van der Waals surface area contributed by atoms with Crippen LogP contribution in [-0.4, -0.2) is 63.7 Å². The zero-order valence-electron chi connectivity index (χ0n) is 20.3. The maximum Gasteiger partial charge on any atom is 0.273 e. The molecular formula is C20H24N8O3. The lowest BCUT2D eigenvalue weighted by molar-refractivity contribution is -0.0320. The van der Waals surface area contributed by atoms with Crippen molar-refractivity contribution in [3.8, 4) is 17.1 Å². The van der Waals surface area contributed by atoms with Gasteiger partial charge in [-0.15, -0.1) is 10.2 Å². The fraction of sp³-hybridized carbons (Fsp3) is 0.350. The highest BCUT2D eigenvalue weighted by Gasteiger charge is 2.34. The molecular weight excluding hydrogens is 400 g/mol. The number of rotatable bonds is 7. The summed E-state index contributed by atoms with van der Waals surface area (Å²) >= 11 is 0. The number of ether oxygens (including phenoxy) is 2. The summed E-state index contributed by atoms with van der Waals surface area (Å²) in [6.45, 7) is 0.260. The van der Waals surface area contributed by atoms with Crippen molar-refractivity contribution in [2.45, 2.75) is 12.5 Å². The van der Waals surface area contributed by atoms with Crippen molar-refractivity contribution in [2.24, 2.45) is 7.05 Å². The van der Waals surface area contributed by atoms with E-state index in [9.17, 15) is 4.79 Å². The summed E-state index contributed by atoms with van der Waals surface area (Å²) in [6.07, 6.45) is 1.57. The normalized spacial score (nSPS) is 16.3. The Balaban J connectivity index is 1.73. The van der Waals surface area contributed by atoms with Crippen LogP contribution < -0.4 is 20.7 Å². The van der Waals surface area contributed by atoms with Gasteiger partial charge in [-0.25, -0.2) is 4.98 Å². The standard InChI is InChI=1S/C20H24N8O3/c1-20(9-31-10-20)24-15-8-14(16(26-25-15)19(29)21-2)23-13-7-5-6-12(17(13)30-4)18-22-11-28(3)27-18/h5-8,11H,9-10H2,1-4H3,(H,21,29)(H2,23,24,25)/i2D3. The van der Waals surface area contributed by atoms with E-state index in [1.807, 2.05) is 12.2 Å². The van der Waals surface area contributed by atoms with Crippen LogP contribution >= 0.6 is 0 Å². The van der Waals surface area contributed by atoms with Gasteiger partial charge in [0.2, 0.25) is 0 Å². The van der Waals surface area contributed by atoms with Crippen molar-refractivity contribution < 1.29 is 18.4 Å². The number of aromatic nitrogens is 5. The van der Waals surface area contributed by atoms with Gasteiger partial charge in [-0.2, -0.15) is 5.10 Å². The molecule has 1 aliphatic heterocycles. The predicted octanol–water partition coefficient (Wildman–Crippen LogP) is 1.58. The van der Waals surface area contributed by atoms with E-state index in [4.69, 9.17) is 13.6 Å². The molecule has 0 bridgehead atoms. The number of nitrogens with one attached hydrogen (secondary N) is 3. The molecule has 1 amide bonds. The van der Waals surface area contributed by atoms with Gasteiger partial charge < -0.3 is 25.4 Å². The van der Waals surface area contributed by atoms with Crippen LogP contribution in [0.4, 0.5) is 17.2 Å². The van der Waals surface area contributed by atoms with Gasteiger partial charge in [-0.1, -0.05) is 6.07 Å². The quantitative estimate of drug-likeness (QED) is 0.515. The van der Waals surface area contributed by atoms with Crippen molar-refractivity contribution >= 4 is 23.1 Å². The molecule has 1 aromatic carbocycles. The Hall–Kier alpha value is -3.73. The molecule has 1 saturated heterocycles. The first-order chi connectivity index (χ1) is 16.1. The third-order valence-electron chi connectivity index (χ3n) is 4.72. The van der Waals surface area contributed by atoms with Crippen LogP contribution in [0.5, 0.6) is 5.75 Å². The van der Waals surface area contributed by atoms with Crippen LogP contribution in [0.25, 0.3) is 11.4 Å². The van der Waals surface area contributed by atoms with Gasteiger partial charge in [-0.05, 0) is 19.1 Å². The van der Waals surface area contributed by atoms with Gasteiger partial charge in [0.25, 0.3) is 5.91 Å². The van der Waals surface area contributed by atoms with E-state index in [2.05, 4.69) is 30.9 Å². The second-order valence-electron chi connectivity index (χ2n) is 7.38. The first kappa shape index (κ1) is 17.0. The molecule has 3 heterocycles. The maximum absolute atomic E-state index is 12.7. The highest BCUT2D eigenvalue weighted by Crippen LogP contribution is 2.37. The largest absolute Gasteiger partial charge is 0.494 e. The molecule has 1 aliphatic rings. The summed E-state index contributed by atoms with van der Waals surface area (Å²) < 4.78 is 34.5. The van der Waals surface area contributed by atoms with Crippen LogP contribution in [-0.2, 0) is 11.8 Å². The molecule has 4 rings (SSSR count). The number of anilines is 3. The third-order valence-corrected chi connectivity index (χ3v) is 4.72. The predicted molar refractivity (Wildman–Crippen MR) is 115 cm³/mol.